The highest BCUT2D eigenvalue weighted by molar-refractivity contribution is 8.01. The molecule has 3 aromatic carbocycles. The zero-order valence-electron chi connectivity index (χ0n) is 20.0. The minimum absolute atomic E-state index is 0.0290. The number of hydrogen-bond donors (Lipinski definition) is 1. The molecule has 6 nitrogen and oxygen atoms in total. The van der Waals surface area contributed by atoms with Gasteiger partial charge in [0.15, 0.2) is 4.34 Å². The SMILES string of the molecule is O=C(CSc1nc(-c2ccccc2)cs1)Nc1ccc(N2CCN(C(=O)c3ccc(Cl)cc3)CC2)cc1. The zero-order chi connectivity index (χ0) is 25.6. The van der Waals surface area contributed by atoms with Crippen LogP contribution in [0.2, 0.25) is 5.02 Å². The van der Waals surface area contributed by atoms with Crippen LogP contribution in [0.5, 0.6) is 0 Å². The van der Waals surface area contributed by atoms with Gasteiger partial charge >= 0.3 is 0 Å². The van der Waals surface area contributed by atoms with E-state index in [2.05, 4.69) is 15.2 Å². The minimum Gasteiger partial charge on any atom is -0.368 e. The third kappa shape index (κ3) is 6.52. The summed E-state index contributed by atoms with van der Waals surface area (Å²) < 4.78 is 0.873. The largest absolute Gasteiger partial charge is 0.368 e. The van der Waals surface area contributed by atoms with Crippen LogP contribution < -0.4 is 10.2 Å². The second-order valence-corrected chi connectivity index (χ2v) is 11.1. The molecule has 0 saturated carbocycles. The number of hydrogen-bond acceptors (Lipinski definition) is 6. The third-order valence-corrected chi connectivity index (χ3v) is 8.33. The van der Waals surface area contributed by atoms with E-state index in [0.29, 0.717) is 29.4 Å². The Bertz CT molecular complexity index is 1350. The van der Waals surface area contributed by atoms with Crippen LogP contribution in [0.3, 0.4) is 0 Å². The summed E-state index contributed by atoms with van der Waals surface area (Å²) in [4.78, 5) is 34.0. The number of thioether (sulfide) groups is 1. The van der Waals surface area contributed by atoms with Crippen LogP contribution in [-0.2, 0) is 4.79 Å². The number of anilines is 2. The molecule has 0 spiro atoms. The molecule has 1 aliphatic heterocycles. The van der Waals surface area contributed by atoms with Crippen LogP contribution in [0.1, 0.15) is 10.4 Å². The van der Waals surface area contributed by atoms with Gasteiger partial charge in [0.1, 0.15) is 0 Å². The number of rotatable bonds is 7. The number of nitrogens with one attached hydrogen (secondary N) is 1. The summed E-state index contributed by atoms with van der Waals surface area (Å²) in [6, 6.07) is 24.9. The summed E-state index contributed by atoms with van der Waals surface area (Å²) in [5, 5.41) is 5.60. The second kappa shape index (κ2) is 11.8. The highest BCUT2D eigenvalue weighted by atomic mass is 35.5. The number of nitrogens with zero attached hydrogens (tertiary/aromatic N) is 3. The van der Waals surface area contributed by atoms with Crippen LogP contribution in [0.15, 0.2) is 88.6 Å². The number of piperazine rings is 1. The van der Waals surface area contributed by atoms with E-state index in [4.69, 9.17) is 11.6 Å². The summed E-state index contributed by atoms with van der Waals surface area (Å²) in [7, 11) is 0. The van der Waals surface area contributed by atoms with Gasteiger partial charge in [0.05, 0.1) is 11.4 Å². The number of halogens is 1. The van der Waals surface area contributed by atoms with E-state index in [1.807, 2.05) is 64.9 Å². The molecule has 1 fully saturated rings. The first-order chi connectivity index (χ1) is 18.0. The van der Waals surface area contributed by atoms with Crippen molar-refractivity contribution in [1.29, 1.82) is 0 Å². The average molecular weight is 549 g/mol. The van der Waals surface area contributed by atoms with Crippen LogP contribution in [0, 0.1) is 0 Å². The smallest absolute Gasteiger partial charge is 0.253 e. The fourth-order valence-corrected chi connectivity index (χ4v) is 5.85. The summed E-state index contributed by atoms with van der Waals surface area (Å²) in [6.45, 7) is 2.81. The number of benzene rings is 3. The summed E-state index contributed by atoms with van der Waals surface area (Å²) >= 11 is 8.92. The Labute approximate surface area is 229 Å². The van der Waals surface area contributed by atoms with E-state index in [1.165, 1.54) is 11.8 Å². The van der Waals surface area contributed by atoms with Gasteiger partial charge in [-0.25, -0.2) is 4.98 Å². The van der Waals surface area contributed by atoms with E-state index in [1.54, 1.807) is 35.6 Å². The van der Waals surface area contributed by atoms with Crippen molar-refractivity contribution < 1.29 is 9.59 Å². The van der Waals surface area contributed by atoms with Crippen LogP contribution in [0.4, 0.5) is 11.4 Å². The van der Waals surface area contributed by atoms with Crippen molar-refractivity contribution in [1.82, 2.24) is 9.88 Å². The van der Waals surface area contributed by atoms with Crippen LogP contribution in [-0.4, -0.2) is 53.6 Å². The fraction of sp³-hybridized carbons (Fsp3) is 0.179. The van der Waals surface area contributed by atoms with Gasteiger partial charge in [-0.3, -0.25) is 9.59 Å². The molecule has 37 heavy (non-hydrogen) atoms. The zero-order valence-corrected chi connectivity index (χ0v) is 22.4. The lowest BCUT2D eigenvalue weighted by atomic mass is 10.1. The molecule has 9 heteroatoms. The van der Waals surface area contributed by atoms with Crippen molar-refractivity contribution in [2.24, 2.45) is 0 Å². The normalized spacial score (nSPS) is 13.4. The highest BCUT2D eigenvalue weighted by Crippen LogP contribution is 2.28. The number of carbonyl (C=O) groups excluding carboxylic acids is 2. The summed E-state index contributed by atoms with van der Waals surface area (Å²) in [6.07, 6.45) is 0. The van der Waals surface area contributed by atoms with E-state index < -0.39 is 0 Å². The molecule has 0 radical (unpaired) electrons. The van der Waals surface area contributed by atoms with E-state index in [0.717, 1.165) is 40.1 Å². The molecule has 1 aromatic heterocycles. The molecule has 0 bridgehead atoms. The number of aromatic nitrogens is 1. The van der Waals surface area contributed by atoms with Crippen LogP contribution in [0.25, 0.3) is 11.3 Å². The van der Waals surface area contributed by atoms with Crippen LogP contribution >= 0.6 is 34.7 Å². The van der Waals surface area contributed by atoms with Crippen molar-refractivity contribution in [2.75, 3.05) is 42.1 Å². The predicted molar refractivity (Wildman–Crippen MR) is 153 cm³/mol. The first kappa shape index (κ1) is 25.3. The summed E-state index contributed by atoms with van der Waals surface area (Å²) in [5.41, 5.74) is 4.49. The van der Waals surface area contributed by atoms with Gasteiger partial charge in [0.2, 0.25) is 5.91 Å². The van der Waals surface area contributed by atoms with Crippen molar-refractivity contribution >= 4 is 57.9 Å². The van der Waals surface area contributed by atoms with Gasteiger partial charge in [-0.05, 0) is 48.5 Å². The Morgan fingerprint density at radius 2 is 1.62 bits per heavy atom. The molecule has 2 amide bonds. The molecular formula is C28H25ClN4O2S2. The highest BCUT2D eigenvalue weighted by Gasteiger charge is 2.22. The first-order valence-electron chi connectivity index (χ1n) is 11.9. The average Bonchev–Trinajstić information content (AvgIpc) is 3.42. The minimum atomic E-state index is -0.0662. The molecule has 4 aromatic rings. The standard InChI is InChI=1S/C28H25ClN4O2S2/c29-22-8-6-21(7-9-22)27(35)33-16-14-32(15-17-33)24-12-10-23(11-13-24)30-26(34)19-37-28-31-25(18-36-28)20-4-2-1-3-5-20/h1-13,18H,14-17,19H2,(H,30,34). The quantitative estimate of drug-likeness (QED) is 0.280. The molecular weight excluding hydrogens is 524 g/mol. The maximum Gasteiger partial charge on any atom is 0.253 e. The van der Waals surface area contributed by atoms with Crippen molar-refractivity contribution in [2.45, 2.75) is 4.34 Å². The maximum absolute atomic E-state index is 12.7. The molecule has 1 N–H and O–H groups in total. The van der Waals surface area contributed by atoms with Gasteiger partial charge in [-0.15, -0.1) is 11.3 Å². The lowest BCUT2D eigenvalue weighted by Crippen LogP contribution is -2.48. The molecule has 1 aliphatic rings. The molecule has 5 rings (SSSR count). The lowest BCUT2D eigenvalue weighted by molar-refractivity contribution is -0.113. The first-order valence-corrected chi connectivity index (χ1v) is 14.1. The summed E-state index contributed by atoms with van der Waals surface area (Å²) in [5.74, 6) is 0.262. The Balaban J connectivity index is 1.08. The topological polar surface area (TPSA) is 65.5 Å². The molecule has 188 valence electrons. The van der Waals surface area contributed by atoms with Gasteiger partial charge in [0.25, 0.3) is 5.91 Å². The Kier molecular flexibility index (Phi) is 8.08. The Morgan fingerprint density at radius 1 is 0.919 bits per heavy atom. The maximum atomic E-state index is 12.7. The van der Waals surface area contributed by atoms with Gasteiger partial charge in [-0.1, -0.05) is 53.7 Å². The number of thiazole rings is 1. The predicted octanol–water partition coefficient (Wildman–Crippen LogP) is 6.16. The van der Waals surface area contributed by atoms with Gasteiger partial charge in [-0.2, -0.15) is 0 Å². The van der Waals surface area contributed by atoms with Gasteiger partial charge < -0.3 is 15.1 Å². The number of carbonyl (C=O) groups is 2. The van der Waals surface area contributed by atoms with Crippen molar-refractivity contribution in [3.05, 3.63) is 94.8 Å². The van der Waals surface area contributed by atoms with Crippen molar-refractivity contribution in [3.63, 3.8) is 0 Å². The lowest BCUT2D eigenvalue weighted by Gasteiger charge is -2.36. The van der Waals surface area contributed by atoms with E-state index in [-0.39, 0.29) is 11.8 Å². The molecule has 0 unspecified atom stereocenters. The second-order valence-electron chi connectivity index (χ2n) is 8.53. The molecule has 0 aliphatic carbocycles. The van der Waals surface area contributed by atoms with Crippen molar-refractivity contribution in [3.8, 4) is 11.3 Å². The van der Waals surface area contributed by atoms with E-state index >= 15 is 0 Å². The Hall–Kier alpha value is -3.33. The molecule has 1 saturated heterocycles. The molecule has 2 heterocycles. The number of amides is 2. The van der Waals surface area contributed by atoms with Gasteiger partial charge in [0, 0.05) is 59.1 Å². The molecule has 0 atom stereocenters. The van der Waals surface area contributed by atoms with E-state index in [9.17, 15) is 9.59 Å². The monoisotopic (exact) mass is 548 g/mol. The fourth-order valence-electron chi connectivity index (χ4n) is 4.09. The third-order valence-electron chi connectivity index (χ3n) is 6.05. The Morgan fingerprint density at radius 3 is 2.32 bits per heavy atom.